The molecule has 9 heteroatoms. The summed E-state index contributed by atoms with van der Waals surface area (Å²) < 4.78 is 2.11. The van der Waals surface area contributed by atoms with Crippen LogP contribution < -0.4 is 10.2 Å². The molecule has 3 aromatic heterocycles. The van der Waals surface area contributed by atoms with Gasteiger partial charge in [0.15, 0.2) is 5.82 Å². The van der Waals surface area contributed by atoms with Gasteiger partial charge < -0.3 is 19.7 Å². The maximum Gasteiger partial charge on any atom is 0.271 e. The number of hydrogen-bond donors (Lipinski definition) is 2. The Morgan fingerprint density at radius 2 is 2.03 bits per heavy atom. The highest BCUT2D eigenvalue weighted by atomic mass is 32.1. The maximum atomic E-state index is 12.7. The molecular formula is C21H26N6O2S. The Morgan fingerprint density at radius 3 is 2.80 bits per heavy atom. The summed E-state index contributed by atoms with van der Waals surface area (Å²) in [5.41, 5.74) is 4.43. The molecule has 0 aromatic carbocycles. The van der Waals surface area contributed by atoms with Gasteiger partial charge in [0.05, 0.1) is 23.2 Å². The number of amides is 1. The number of aliphatic hydroxyl groups is 1. The zero-order valence-corrected chi connectivity index (χ0v) is 17.8. The summed E-state index contributed by atoms with van der Waals surface area (Å²) in [5.74, 6) is 0.816. The molecule has 5 heterocycles. The highest BCUT2D eigenvalue weighted by Crippen LogP contribution is 2.32. The van der Waals surface area contributed by atoms with Gasteiger partial charge in [-0.2, -0.15) is 0 Å². The summed E-state index contributed by atoms with van der Waals surface area (Å²) in [6.45, 7) is 4.51. The van der Waals surface area contributed by atoms with E-state index in [0.29, 0.717) is 5.69 Å². The smallest absolute Gasteiger partial charge is 0.271 e. The number of aliphatic hydroxyl groups excluding tert-OH is 1. The SMILES string of the molecule is Cc1ccn2ccnc(N3CC[C@H](NC(=O)c4cscn4)C3N3CCC(O)CC3)c12. The van der Waals surface area contributed by atoms with E-state index in [1.165, 1.54) is 16.9 Å². The third-order valence-electron chi connectivity index (χ3n) is 6.24. The van der Waals surface area contributed by atoms with Gasteiger partial charge in [0.25, 0.3) is 5.91 Å². The number of carbonyl (C=O) groups is 1. The number of piperidine rings is 1. The third-order valence-corrected chi connectivity index (χ3v) is 6.83. The molecule has 3 aromatic rings. The summed E-state index contributed by atoms with van der Waals surface area (Å²) in [6, 6.07) is 2.07. The van der Waals surface area contributed by atoms with Crippen LogP contribution in [0.15, 0.2) is 35.5 Å². The van der Waals surface area contributed by atoms with Crippen molar-refractivity contribution in [2.24, 2.45) is 0 Å². The van der Waals surface area contributed by atoms with E-state index in [0.717, 1.165) is 50.2 Å². The van der Waals surface area contributed by atoms with Gasteiger partial charge in [0.1, 0.15) is 11.9 Å². The molecule has 0 spiro atoms. The van der Waals surface area contributed by atoms with Crippen LogP contribution >= 0.6 is 11.3 Å². The maximum absolute atomic E-state index is 12.7. The zero-order chi connectivity index (χ0) is 20.7. The summed E-state index contributed by atoms with van der Waals surface area (Å²) >= 11 is 1.42. The number of rotatable bonds is 4. The average Bonchev–Trinajstić information content (AvgIpc) is 3.49. The number of nitrogens with one attached hydrogen (secondary N) is 1. The van der Waals surface area contributed by atoms with Crippen LogP contribution in [0.1, 0.15) is 35.3 Å². The number of aryl methyl sites for hydroxylation is 1. The van der Waals surface area contributed by atoms with Crippen molar-refractivity contribution in [1.29, 1.82) is 0 Å². The minimum Gasteiger partial charge on any atom is -0.393 e. The molecule has 0 aliphatic carbocycles. The zero-order valence-electron chi connectivity index (χ0n) is 16.9. The summed E-state index contributed by atoms with van der Waals surface area (Å²) in [6.07, 6.45) is 7.94. The lowest BCUT2D eigenvalue weighted by Gasteiger charge is -2.41. The third kappa shape index (κ3) is 3.46. The number of thiazole rings is 1. The van der Waals surface area contributed by atoms with Crippen LogP contribution in [0, 0.1) is 6.92 Å². The first-order valence-corrected chi connectivity index (χ1v) is 11.4. The summed E-state index contributed by atoms with van der Waals surface area (Å²) in [7, 11) is 0. The van der Waals surface area contributed by atoms with Crippen molar-refractivity contribution >= 4 is 28.6 Å². The predicted molar refractivity (Wildman–Crippen MR) is 116 cm³/mol. The Labute approximate surface area is 179 Å². The van der Waals surface area contributed by atoms with Crippen molar-refractivity contribution in [2.75, 3.05) is 24.5 Å². The van der Waals surface area contributed by atoms with Gasteiger partial charge in [-0.25, -0.2) is 9.97 Å². The van der Waals surface area contributed by atoms with E-state index in [1.807, 2.05) is 12.4 Å². The van der Waals surface area contributed by atoms with Crippen LogP contribution in [0.5, 0.6) is 0 Å². The second-order valence-electron chi connectivity index (χ2n) is 8.12. The minimum absolute atomic E-state index is 0.00640. The minimum atomic E-state index is -0.242. The molecule has 0 bridgehead atoms. The molecule has 0 saturated carbocycles. The van der Waals surface area contributed by atoms with Crippen LogP contribution in [-0.4, -0.2) is 68.2 Å². The van der Waals surface area contributed by atoms with Crippen LogP contribution in [-0.2, 0) is 0 Å². The number of anilines is 1. The van der Waals surface area contributed by atoms with Crippen LogP contribution in [0.3, 0.4) is 0 Å². The number of aromatic nitrogens is 3. The fourth-order valence-electron chi connectivity index (χ4n) is 4.74. The highest BCUT2D eigenvalue weighted by molar-refractivity contribution is 7.07. The Hall–Kier alpha value is -2.49. The van der Waals surface area contributed by atoms with Crippen molar-refractivity contribution in [1.82, 2.24) is 24.6 Å². The van der Waals surface area contributed by atoms with Gasteiger partial charge in [0, 0.05) is 43.6 Å². The molecule has 2 atom stereocenters. The van der Waals surface area contributed by atoms with E-state index in [9.17, 15) is 9.90 Å². The van der Waals surface area contributed by atoms with E-state index in [-0.39, 0.29) is 24.2 Å². The molecule has 0 radical (unpaired) electrons. The first-order chi connectivity index (χ1) is 14.6. The number of nitrogens with zero attached hydrogens (tertiary/aromatic N) is 5. The molecular weight excluding hydrogens is 400 g/mol. The van der Waals surface area contributed by atoms with Gasteiger partial charge in [-0.15, -0.1) is 11.3 Å². The molecule has 2 aliphatic rings. The Kier molecular flexibility index (Phi) is 5.18. The molecule has 5 rings (SSSR count). The molecule has 8 nitrogen and oxygen atoms in total. The molecule has 2 fully saturated rings. The van der Waals surface area contributed by atoms with E-state index in [2.05, 4.69) is 43.7 Å². The molecule has 2 aliphatic heterocycles. The topological polar surface area (TPSA) is 86.0 Å². The van der Waals surface area contributed by atoms with Gasteiger partial charge >= 0.3 is 0 Å². The fraction of sp³-hybridized carbons (Fsp3) is 0.476. The lowest BCUT2D eigenvalue weighted by molar-refractivity contribution is 0.0541. The number of carbonyl (C=O) groups excluding carboxylic acids is 1. The summed E-state index contributed by atoms with van der Waals surface area (Å²) in [5, 5.41) is 15.0. The Bertz CT molecular complexity index is 1030. The highest BCUT2D eigenvalue weighted by Gasteiger charge is 2.41. The molecule has 158 valence electrons. The summed E-state index contributed by atoms with van der Waals surface area (Å²) in [4.78, 5) is 26.4. The van der Waals surface area contributed by atoms with E-state index in [4.69, 9.17) is 4.98 Å². The van der Waals surface area contributed by atoms with Crippen molar-refractivity contribution in [3.8, 4) is 0 Å². The second kappa shape index (κ2) is 7.98. The van der Waals surface area contributed by atoms with Crippen LogP contribution in [0.25, 0.3) is 5.52 Å². The van der Waals surface area contributed by atoms with Gasteiger partial charge in [-0.3, -0.25) is 9.69 Å². The standard InChI is InChI=1S/C21H26N6O2S/c1-14-2-7-25-11-6-22-19(18(14)25)27-10-5-16(24-20(29)17-12-30-13-23-17)21(27)26-8-3-15(28)4-9-26/h2,6-7,11-13,15-16,21,28H,3-5,8-10H2,1H3,(H,24,29)/t16-,21?/m0/s1. The monoisotopic (exact) mass is 426 g/mol. The van der Waals surface area contributed by atoms with Gasteiger partial charge in [-0.05, 0) is 37.8 Å². The van der Waals surface area contributed by atoms with Crippen LogP contribution in [0.2, 0.25) is 0 Å². The molecule has 30 heavy (non-hydrogen) atoms. The Balaban J connectivity index is 1.48. The number of hydrogen-bond acceptors (Lipinski definition) is 7. The molecule has 1 unspecified atom stereocenters. The second-order valence-corrected chi connectivity index (χ2v) is 8.84. The molecule has 1 amide bonds. The molecule has 2 saturated heterocycles. The van der Waals surface area contributed by atoms with Gasteiger partial charge in [0.2, 0.25) is 0 Å². The van der Waals surface area contributed by atoms with Crippen LogP contribution in [0.4, 0.5) is 5.82 Å². The largest absolute Gasteiger partial charge is 0.393 e. The van der Waals surface area contributed by atoms with Crippen molar-refractivity contribution < 1.29 is 9.90 Å². The predicted octanol–water partition coefficient (Wildman–Crippen LogP) is 1.89. The normalized spacial score (nSPS) is 23.3. The van der Waals surface area contributed by atoms with E-state index >= 15 is 0 Å². The number of fused-ring (bicyclic) bond motifs is 1. The van der Waals surface area contributed by atoms with Crippen molar-refractivity contribution in [2.45, 2.75) is 44.5 Å². The average molecular weight is 427 g/mol. The fourth-order valence-corrected chi connectivity index (χ4v) is 5.27. The first kappa shape index (κ1) is 19.5. The van der Waals surface area contributed by atoms with Gasteiger partial charge in [-0.1, -0.05) is 0 Å². The van der Waals surface area contributed by atoms with E-state index in [1.54, 1.807) is 10.9 Å². The van der Waals surface area contributed by atoms with Crippen molar-refractivity contribution in [3.63, 3.8) is 0 Å². The lowest BCUT2D eigenvalue weighted by Crippen LogP contribution is -2.57. The quantitative estimate of drug-likeness (QED) is 0.663. The van der Waals surface area contributed by atoms with E-state index < -0.39 is 0 Å². The Morgan fingerprint density at radius 1 is 1.20 bits per heavy atom. The molecule has 2 N–H and O–H groups in total. The van der Waals surface area contributed by atoms with Crippen molar-refractivity contribution in [3.05, 3.63) is 46.8 Å². The lowest BCUT2D eigenvalue weighted by atomic mass is 10.1. The first-order valence-electron chi connectivity index (χ1n) is 10.4. The number of likely N-dealkylation sites (tertiary alicyclic amines) is 1.